The molecule has 1 aromatic carbocycles. The van der Waals surface area contributed by atoms with Gasteiger partial charge >= 0.3 is 5.97 Å². The molecule has 0 radical (unpaired) electrons. The minimum Gasteiger partial charge on any atom is -0.469 e. The van der Waals surface area contributed by atoms with E-state index in [1.165, 1.54) is 7.11 Å². The average molecular weight is 219 g/mol. The van der Waals surface area contributed by atoms with Gasteiger partial charge in [-0.1, -0.05) is 12.2 Å². The highest BCUT2D eigenvalue weighted by molar-refractivity contribution is 5.72. The number of aryl methyl sites for hydroxylation is 2. The van der Waals surface area contributed by atoms with Gasteiger partial charge in [-0.05, 0) is 42.7 Å². The number of anilines is 1. The number of nitrogens with two attached hydrogens (primary N) is 1. The fraction of sp³-hybridized carbons (Fsp3) is 0.308. The molecule has 0 atom stereocenters. The van der Waals surface area contributed by atoms with E-state index in [1.54, 1.807) is 6.08 Å². The van der Waals surface area contributed by atoms with E-state index in [0.29, 0.717) is 6.42 Å². The van der Waals surface area contributed by atoms with Crippen LogP contribution in [0.25, 0.3) is 6.08 Å². The van der Waals surface area contributed by atoms with Crippen molar-refractivity contribution in [3.63, 3.8) is 0 Å². The number of esters is 1. The monoisotopic (exact) mass is 219 g/mol. The number of nitrogen functional groups attached to an aromatic ring is 1. The van der Waals surface area contributed by atoms with Gasteiger partial charge in [0.2, 0.25) is 0 Å². The van der Waals surface area contributed by atoms with Crippen molar-refractivity contribution < 1.29 is 9.53 Å². The van der Waals surface area contributed by atoms with E-state index >= 15 is 0 Å². The molecule has 1 rings (SSSR count). The topological polar surface area (TPSA) is 52.3 Å². The van der Waals surface area contributed by atoms with Gasteiger partial charge in [-0.2, -0.15) is 0 Å². The summed E-state index contributed by atoms with van der Waals surface area (Å²) < 4.78 is 4.54. The van der Waals surface area contributed by atoms with E-state index in [9.17, 15) is 4.79 Å². The standard InChI is InChI=1S/C13H17NO2/c1-9-7-11(8-10(2)13(9)14)5-4-6-12(15)16-3/h4-5,7-8H,6,14H2,1-3H3. The van der Waals surface area contributed by atoms with Crippen LogP contribution in [0, 0.1) is 13.8 Å². The molecule has 0 aliphatic heterocycles. The number of methoxy groups -OCH3 is 1. The van der Waals surface area contributed by atoms with Crippen molar-refractivity contribution in [2.75, 3.05) is 12.8 Å². The van der Waals surface area contributed by atoms with E-state index < -0.39 is 0 Å². The van der Waals surface area contributed by atoms with Gasteiger partial charge in [0, 0.05) is 5.69 Å². The molecule has 0 unspecified atom stereocenters. The number of rotatable bonds is 3. The highest BCUT2D eigenvalue weighted by atomic mass is 16.5. The van der Waals surface area contributed by atoms with Crippen LogP contribution in [0.2, 0.25) is 0 Å². The molecule has 0 aromatic heterocycles. The summed E-state index contributed by atoms with van der Waals surface area (Å²) in [6.45, 7) is 3.94. The van der Waals surface area contributed by atoms with Gasteiger partial charge in [0.25, 0.3) is 0 Å². The van der Waals surface area contributed by atoms with Crippen molar-refractivity contribution in [3.8, 4) is 0 Å². The number of carbonyl (C=O) groups excluding carboxylic acids is 1. The largest absolute Gasteiger partial charge is 0.469 e. The van der Waals surface area contributed by atoms with Gasteiger partial charge in [-0.15, -0.1) is 0 Å². The zero-order chi connectivity index (χ0) is 12.1. The summed E-state index contributed by atoms with van der Waals surface area (Å²) >= 11 is 0. The maximum Gasteiger partial charge on any atom is 0.309 e. The lowest BCUT2D eigenvalue weighted by Gasteiger charge is -2.05. The van der Waals surface area contributed by atoms with Crippen molar-refractivity contribution >= 4 is 17.7 Å². The molecule has 16 heavy (non-hydrogen) atoms. The molecular formula is C13H17NO2. The maximum atomic E-state index is 10.9. The van der Waals surface area contributed by atoms with Crippen LogP contribution < -0.4 is 5.73 Å². The van der Waals surface area contributed by atoms with Gasteiger partial charge in [0.05, 0.1) is 13.5 Å². The van der Waals surface area contributed by atoms with Crippen LogP contribution in [0.5, 0.6) is 0 Å². The van der Waals surface area contributed by atoms with Crippen LogP contribution in [0.15, 0.2) is 18.2 Å². The molecular weight excluding hydrogens is 202 g/mol. The Morgan fingerprint density at radius 3 is 2.44 bits per heavy atom. The number of benzene rings is 1. The van der Waals surface area contributed by atoms with E-state index in [4.69, 9.17) is 5.73 Å². The molecule has 0 saturated heterocycles. The molecule has 0 bridgehead atoms. The zero-order valence-electron chi connectivity index (χ0n) is 9.91. The van der Waals surface area contributed by atoms with Gasteiger partial charge in [0.1, 0.15) is 0 Å². The van der Waals surface area contributed by atoms with Crippen LogP contribution in [0.3, 0.4) is 0 Å². The third-order valence-corrected chi connectivity index (χ3v) is 2.44. The molecule has 3 heteroatoms. The first kappa shape index (κ1) is 12.3. The minimum absolute atomic E-state index is 0.236. The fourth-order valence-corrected chi connectivity index (χ4v) is 1.48. The van der Waals surface area contributed by atoms with E-state index in [0.717, 1.165) is 22.4 Å². The zero-order valence-corrected chi connectivity index (χ0v) is 9.91. The highest BCUT2D eigenvalue weighted by Gasteiger charge is 2.00. The Bertz CT molecular complexity index is 399. The van der Waals surface area contributed by atoms with E-state index in [1.807, 2.05) is 32.1 Å². The van der Waals surface area contributed by atoms with Crippen molar-refractivity contribution in [2.45, 2.75) is 20.3 Å². The van der Waals surface area contributed by atoms with Gasteiger partial charge in [-0.25, -0.2) is 0 Å². The first-order valence-electron chi connectivity index (χ1n) is 5.14. The number of ether oxygens (including phenoxy) is 1. The molecule has 2 N–H and O–H groups in total. The van der Waals surface area contributed by atoms with Crippen LogP contribution in [-0.2, 0) is 9.53 Å². The van der Waals surface area contributed by atoms with Crippen LogP contribution in [-0.4, -0.2) is 13.1 Å². The molecule has 0 fully saturated rings. The molecule has 0 heterocycles. The van der Waals surface area contributed by atoms with Crippen molar-refractivity contribution in [1.82, 2.24) is 0 Å². The minimum atomic E-state index is -0.236. The van der Waals surface area contributed by atoms with Gasteiger partial charge in [-0.3, -0.25) is 4.79 Å². The van der Waals surface area contributed by atoms with Crippen molar-refractivity contribution in [3.05, 3.63) is 34.9 Å². The van der Waals surface area contributed by atoms with Crippen LogP contribution in [0.4, 0.5) is 5.69 Å². The summed E-state index contributed by atoms with van der Waals surface area (Å²) in [7, 11) is 1.38. The molecule has 0 aliphatic carbocycles. The Kier molecular flexibility index (Phi) is 4.11. The number of hydrogen-bond acceptors (Lipinski definition) is 3. The predicted octanol–water partition coefficient (Wildman–Crippen LogP) is 2.46. The van der Waals surface area contributed by atoms with Gasteiger partial charge in [0.15, 0.2) is 0 Å². The molecule has 0 aliphatic rings. The SMILES string of the molecule is COC(=O)CC=Cc1cc(C)c(N)c(C)c1. The average Bonchev–Trinajstić information content (AvgIpc) is 2.25. The lowest BCUT2D eigenvalue weighted by atomic mass is 10.0. The van der Waals surface area contributed by atoms with Gasteiger partial charge < -0.3 is 10.5 Å². The first-order chi connectivity index (χ1) is 7.54. The molecule has 0 saturated carbocycles. The molecule has 86 valence electrons. The predicted molar refractivity (Wildman–Crippen MR) is 66.0 cm³/mol. The van der Waals surface area contributed by atoms with Crippen LogP contribution >= 0.6 is 0 Å². The Labute approximate surface area is 95.9 Å². The van der Waals surface area contributed by atoms with E-state index in [2.05, 4.69) is 4.74 Å². The van der Waals surface area contributed by atoms with Crippen molar-refractivity contribution in [1.29, 1.82) is 0 Å². The Morgan fingerprint density at radius 1 is 1.38 bits per heavy atom. The first-order valence-corrected chi connectivity index (χ1v) is 5.14. The summed E-state index contributed by atoms with van der Waals surface area (Å²) in [6, 6.07) is 3.99. The smallest absolute Gasteiger partial charge is 0.309 e. The summed E-state index contributed by atoms with van der Waals surface area (Å²) in [5, 5.41) is 0. The third-order valence-electron chi connectivity index (χ3n) is 2.44. The lowest BCUT2D eigenvalue weighted by Crippen LogP contribution is -1.97. The second-order valence-corrected chi connectivity index (χ2v) is 3.75. The number of hydrogen-bond donors (Lipinski definition) is 1. The van der Waals surface area contributed by atoms with E-state index in [-0.39, 0.29) is 5.97 Å². The Morgan fingerprint density at radius 2 is 1.94 bits per heavy atom. The molecule has 0 spiro atoms. The summed E-state index contributed by atoms with van der Waals surface area (Å²) in [4.78, 5) is 10.9. The quantitative estimate of drug-likeness (QED) is 0.627. The summed E-state index contributed by atoms with van der Waals surface area (Å²) in [5.74, 6) is -0.236. The fourth-order valence-electron chi connectivity index (χ4n) is 1.48. The van der Waals surface area contributed by atoms with Crippen LogP contribution in [0.1, 0.15) is 23.1 Å². The maximum absolute atomic E-state index is 10.9. The Hall–Kier alpha value is -1.77. The Balaban J connectivity index is 2.78. The summed E-state index contributed by atoms with van der Waals surface area (Å²) in [5.41, 5.74) is 9.83. The third kappa shape index (κ3) is 3.12. The summed E-state index contributed by atoms with van der Waals surface area (Å²) in [6.07, 6.45) is 3.98. The second-order valence-electron chi connectivity index (χ2n) is 3.75. The number of carbonyl (C=O) groups is 1. The highest BCUT2D eigenvalue weighted by Crippen LogP contribution is 2.19. The molecule has 1 aromatic rings. The molecule has 0 amide bonds. The lowest BCUT2D eigenvalue weighted by molar-refractivity contribution is -0.139. The van der Waals surface area contributed by atoms with Crippen molar-refractivity contribution in [2.24, 2.45) is 0 Å². The molecule has 3 nitrogen and oxygen atoms in total. The normalized spacial score (nSPS) is 10.7. The second kappa shape index (κ2) is 5.35.